The van der Waals surface area contributed by atoms with Crippen molar-refractivity contribution in [2.45, 2.75) is 25.3 Å². The Labute approximate surface area is 96.0 Å². The van der Waals surface area contributed by atoms with E-state index in [2.05, 4.69) is 5.32 Å². The molecule has 1 aromatic rings. The van der Waals surface area contributed by atoms with Gasteiger partial charge >= 0.3 is 0 Å². The zero-order chi connectivity index (χ0) is 11.4. The summed E-state index contributed by atoms with van der Waals surface area (Å²) in [5.74, 6) is 0.602. The molecule has 2 rings (SSSR count). The van der Waals surface area contributed by atoms with Gasteiger partial charge in [0.05, 0.1) is 0 Å². The van der Waals surface area contributed by atoms with E-state index in [1.54, 1.807) is 0 Å². The number of amides is 1. The van der Waals surface area contributed by atoms with Crippen LogP contribution in [0.1, 0.15) is 30.9 Å². The summed E-state index contributed by atoms with van der Waals surface area (Å²) in [7, 11) is 0. The van der Waals surface area contributed by atoms with Crippen LogP contribution in [0.25, 0.3) is 0 Å². The lowest BCUT2D eigenvalue weighted by Crippen LogP contribution is -2.38. The van der Waals surface area contributed by atoms with Gasteiger partial charge in [-0.15, -0.1) is 0 Å². The summed E-state index contributed by atoms with van der Waals surface area (Å²) in [6, 6.07) is 8.94. The molecule has 0 unspecified atom stereocenters. The maximum absolute atomic E-state index is 11.8. The summed E-state index contributed by atoms with van der Waals surface area (Å²) in [4.78, 5) is 11.8. The van der Waals surface area contributed by atoms with E-state index in [1.807, 2.05) is 30.3 Å². The highest BCUT2D eigenvalue weighted by molar-refractivity contribution is 5.82. The average molecular weight is 218 g/mol. The molecule has 0 bridgehead atoms. The smallest absolute Gasteiger partial charge is 0.241 e. The molecule has 0 spiro atoms. The van der Waals surface area contributed by atoms with Crippen molar-refractivity contribution in [3.05, 3.63) is 35.9 Å². The first-order valence-corrected chi connectivity index (χ1v) is 5.85. The van der Waals surface area contributed by atoms with Crippen LogP contribution in [0.2, 0.25) is 0 Å². The Morgan fingerprint density at radius 1 is 1.38 bits per heavy atom. The van der Waals surface area contributed by atoms with E-state index in [0.717, 1.165) is 12.1 Å². The van der Waals surface area contributed by atoms with Crippen molar-refractivity contribution in [2.24, 2.45) is 11.7 Å². The van der Waals surface area contributed by atoms with Crippen molar-refractivity contribution in [3.63, 3.8) is 0 Å². The third-order valence-corrected chi connectivity index (χ3v) is 3.23. The Kier molecular flexibility index (Phi) is 3.57. The standard InChI is InChI=1S/C13H18N2O/c14-12(11-7-2-1-3-8-11)13(16)15-9-10-5-4-6-10/h1-3,7-8,10,12H,4-6,9,14H2,(H,15,16)/t12-/m1/s1. The topological polar surface area (TPSA) is 55.1 Å². The molecule has 0 radical (unpaired) electrons. The zero-order valence-corrected chi connectivity index (χ0v) is 9.36. The summed E-state index contributed by atoms with van der Waals surface area (Å²) >= 11 is 0. The van der Waals surface area contributed by atoms with E-state index in [1.165, 1.54) is 19.3 Å². The van der Waals surface area contributed by atoms with Gasteiger partial charge in [0.2, 0.25) is 5.91 Å². The van der Waals surface area contributed by atoms with Gasteiger partial charge in [0.1, 0.15) is 6.04 Å². The van der Waals surface area contributed by atoms with Gasteiger partial charge in [0.25, 0.3) is 0 Å². The molecule has 1 aliphatic carbocycles. The Morgan fingerprint density at radius 2 is 2.06 bits per heavy atom. The third-order valence-electron chi connectivity index (χ3n) is 3.23. The lowest BCUT2D eigenvalue weighted by molar-refractivity contribution is -0.122. The first-order chi connectivity index (χ1) is 7.77. The SMILES string of the molecule is N[C@@H](C(=O)NCC1CCC1)c1ccccc1. The number of carbonyl (C=O) groups excluding carboxylic acids is 1. The van der Waals surface area contributed by atoms with Gasteiger partial charge in [-0.1, -0.05) is 36.8 Å². The Balaban J connectivity index is 1.84. The average Bonchev–Trinajstić information content (AvgIpc) is 2.27. The van der Waals surface area contributed by atoms with Crippen LogP contribution in [0.3, 0.4) is 0 Å². The lowest BCUT2D eigenvalue weighted by atomic mass is 9.85. The summed E-state index contributed by atoms with van der Waals surface area (Å²) < 4.78 is 0. The summed E-state index contributed by atoms with van der Waals surface area (Å²) in [5, 5.41) is 2.92. The molecule has 0 aliphatic heterocycles. The van der Waals surface area contributed by atoms with Gasteiger partial charge in [-0.3, -0.25) is 4.79 Å². The largest absolute Gasteiger partial charge is 0.354 e. The minimum absolute atomic E-state index is 0.0712. The van der Waals surface area contributed by atoms with Crippen LogP contribution in [0.5, 0.6) is 0 Å². The molecule has 0 aromatic heterocycles. The molecule has 3 nitrogen and oxygen atoms in total. The highest BCUT2D eigenvalue weighted by Gasteiger charge is 2.20. The third kappa shape index (κ3) is 2.61. The molecule has 1 aliphatic rings. The van der Waals surface area contributed by atoms with Crippen molar-refractivity contribution < 1.29 is 4.79 Å². The fourth-order valence-corrected chi connectivity index (χ4v) is 1.86. The van der Waals surface area contributed by atoms with Gasteiger partial charge in [0, 0.05) is 6.54 Å². The molecule has 86 valence electrons. The van der Waals surface area contributed by atoms with Crippen LogP contribution >= 0.6 is 0 Å². The minimum Gasteiger partial charge on any atom is -0.354 e. The molecule has 1 fully saturated rings. The van der Waals surface area contributed by atoms with E-state index in [4.69, 9.17) is 5.73 Å². The molecular formula is C13H18N2O. The lowest BCUT2D eigenvalue weighted by Gasteiger charge is -2.26. The Hall–Kier alpha value is -1.35. The summed E-state index contributed by atoms with van der Waals surface area (Å²) in [5.41, 5.74) is 6.74. The van der Waals surface area contributed by atoms with Gasteiger partial charge in [0.15, 0.2) is 0 Å². The van der Waals surface area contributed by atoms with Crippen molar-refractivity contribution in [3.8, 4) is 0 Å². The van der Waals surface area contributed by atoms with E-state index < -0.39 is 6.04 Å². The van der Waals surface area contributed by atoms with Crippen molar-refractivity contribution in [1.29, 1.82) is 0 Å². The second-order valence-electron chi connectivity index (χ2n) is 4.43. The highest BCUT2D eigenvalue weighted by atomic mass is 16.2. The monoisotopic (exact) mass is 218 g/mol. The van der Waals surface area contributed by atoms with Gasteiger partial charge in [-0.05, 0) is 24.3 Å². The quantitative estimate of drug-likeness (QED) is 0.806. The Morgan fingerprint density at radius 3 is 2.62 bits per heavy atom. The van der Waals surface area contributed by atoms with Crippen LogP contribution in [0.4, 0.5) is 0 Å². The number of hydrogen-bond donors (Lipinski definition) is 2. The number of hydrogen-bond acceptors (Lipinski definition) is 2. The number of carbonyl (C=O) groups is 1. The van der Waals surface area contributed by atoms with Gasteiger partial charge in [-0.25, -0.2) is 0 Å². The van der Waals surface area contributed by atoms with Gasteiger partial charge in [-0.2, -0.15) is 0 Å². The zero-order valence-electron chi connectivity index (χ0n) is 9.36. The second-order valence-corrected chi connectivity index (χ2v) is 4.43. The summed E-state index contributed by atoms with van der Waals surface area (Å²) in [6.45, 7) is 0.777. The fraction of sp³-hybridized carbons (Fsp3) is 0.462. The van der Waals surface area contributed by atoms with Crippen molar-refractivity contribution in [2.75, 3.05) is 6.54 Å². The molecule has 1 atom stereocenters. The van der Waals surface area contributed by atoms with Gasteiger partial charge < -0.3 is 11.1 Å². The number of nitrogens with one attached hydrogen (secondary N) is 1. The molecular weight excluding hydrogens is 200 g/mol. The molecule has 0 saturated heterocycles. The molecule has 0 heterocycles. The van der Waals surface area contributed by atoms with Crippen LogP contribution in [-0.4, -0.2) is 12.5 Å². The highest BCUT2D eigenvalue weighted by Crippen LogP contribution is 2.25. The van der Waals surface area contributed by atoms with E-state index in [9.17, 15) is 4.79 Å². The predicted octanol–water partition coefficient (Wildman–Crippen LogP) is 1.60. The maximum Gasteiger partial charge on any atom is 0.241 e. The predicted molar refractivity (Wildman–Crippen MR) is 63.7 cm³/mol. The normalized spacial score (nSPS) is 17.6. The van der Waals surface area contributed by atoms with Crippen molar-refractivity contribution in [1.82, 2.24) is 5.32 Å². The Bertz CT molecular complexity index is 346. The molecule has 1 amide bonds. The van der Waals surface area contributed by atoms with E-state index in [0.29, 0.717) is 5.92 Å². The molecule has 16 heavy (non-hydrogen) atoms. The molecule has 1 aromatic carbocycles. The minimum atomic E-state index is -0.540. The molecule has 3 heteroatoms. The van der Waals surface area contributed by atoms with Crippen molar-refractivity contribution >= 4 is 5.91 Å². The molecule has 1 saturated carbocycles. The first kappa shape index (κ1) is 11.1. The van der Waals surface area contributed by atoms with Crippen LogP contribution in [0, 0.1) is 5.92 Å². The summed E-state index contributed by atoms with van der Waals surface area (Å²) in [6.07, 6.45) is 3.77. The number of rotatable bonds is 4. The van der Waals surface area contributed by atoms with Crippen LogP contribution < -0.4 is 11.1 Å². The maximum atomic E-state index is 11.8. The second kappa shape index (κ2) is 5.12. The number of nitrogens with two attached hydrogens (primary N) is 1. The fourth-order valence-electron chi connectivity index (χ4n) is 1.86. The van der Waals surface area contributed by atoms with Crippen LogP contribution in [-0.2, 0) is 4.79 Å². The van der Waals surface area contributed by atoms with Crippen LogP contribution in [0.15, 0.2) is 30.3 Å². The number of benzene rings is 1. The first-order valence-electron chi connectivity index (χ1n) is 5.85. The van der Waals surface area contributed by atoms with E-state index in [-0.39, 0.29) is 5.91 Å². The molecule has 3 N–H and O–H groups in total. The van der Waals surface area contributed by atoms with E-state index >= 15 is 0 Å².